The molecular formula is C10H18N4O3S. The highest BCUT2D eigenvalue weighted by Crippen LogP contribution is 2.09. The molecule has 0 aliphatic heterocycles. The normalized spacial score (nSPS) is 12.1. The van der Waals surface area contributed by atoms with E-state index in [0.29, 0.717) is 12.5 Å². The van der Waals surface area contributed by atoms with Gasteiger partial charge in [0.15, 0.2) is 5.03 Å². The maximum absolute atomic E-state index is 11.9. The van der Waals surface area contributed by atoms with E-state index >= 15 is 0 Å². The van der Waals surface area contributed by atoms with Crippen molar-refractivity contribution in [2.45, 2.75) is 18.9 Å². The maximum Gasteiger partial charge on any atom is 0.260 e. The van der Waals surface area contributed by atoms with Gasteiger partial charge in [0.05, 0.1) is 19.1 Å². The van der Waals surface area contributed by atoms with E-state index < -0.39 is 10.0 Å². The van der Waals surface area contributed by atoms with Crippen LogP contribution in [0.2, 0.25) is 0 Å². The summed E-state index contributed by atoms with van der Waals surface area (Å²) >= 11 is 0. The Morgan fingerprint density at radius 2 is 2.22 bits per heavy atom. The first-order valence-corrected chi connectivity index (χ1v) is 6.99. The maximum atomic E-state index is 11.9. The van der Waals surface area contributed by atoms with E-state index in [2.05, 4.69) is 15.3 Å². The molecule has 0 spiro atoms. The predicted octanol–water partition coefficient (Wildman–Crippen LogP) is -0.198. The van der Waals surface area contributed by atoms with Crippen LogP contribution in [-0.4, -0.2) is 48.7 Å². The van der Waals surface area contributed by atoms with Crippen molar-refractivity contribution in [1.82, 2.24) is 19.6 Å². The summed E-state index contributed by atoms with van der Waals surface area (Å²) in [6, 6.07) is 0. The van der Waals surface area contributed by atoms with Crippen LogP contribution in [-0.2, 0) is 14.8 Å². The van der Waals surface area contributed by atoms with Crippen LogP contribution in [0.5, 0.6) is 0 Å². The Morgan fingerprint density at radius 1 is 1.56 bits per heavy atom. The molecule has 0 atom stereocenters. The first-order valence-electron chi connectivity index (χ1n) is 5.55. The number of hydrogen-bond acceptors (Lipinski definition) is 4. The van der Waals surface area contributed by atoms with Gasteiger partial charge >= 0.3 is 0 Å². The van der Waals surface area contributed by atoms with Crippen LogP contribution < -0.4 is 5.32 Å². The standard InChI is InChI=1S/C10H18N4O3S/c1-8(2)4-12-9(15)6-14(3)18(16,17)10-5-11-7-13-10/h5,7-8H,4,6H2,1-3H3,(H,11,13)(H,12,15). The average molecular weight is 274 g/mol. The van der Waals surface area contributed by atoms with E-state index in [-0.39, 0.29) is 17.5 Å². The van der Waals surface area contributed by atoms with Crippen molar-refractivity contribution in [3.63, 3.8) is 0 Å². The molecule has 0 aliphatic carbocycles. The van der Waals surface area contributed by atoms with Crippen molar-refractivity contribution in [2.75, 3.05) is 20.1 Å². The van der Waals surface area contributed by atoms with E-state index in [0.717, 1.165) is 4.31 Å². The van der Waals surface area contributed by atoms with Crippen LogP contribution in [0.4, 0.5) is 0 Å². The quantitative estimate of drug-likeness (QED) is 0.751. The van der Waals surface area contributed by atoms with Crippen LogP contribution in [0.1, 0.15) is 13.8 Å². The van der Waals surface area contributed by atoms with Gasteiger partial charge in [0.25, 0.3) is 10.0 Å². The lowest BCUT2D eigenvalue weighted by molar-refractivity contribution is -0.121. The highest BCUT2D eigenvalue weighted by molar-refractivity contribution is 7.89. The summed E-state index contributed by atoms with van der Waals surface area (Å²) in [6.45, 7) is 4.24. The number of sulfonamides is 1. The zero-order valence-corrected chi connectivity index (χ0v) is 11.5. The Hall–Kier alpha value is -1.41. The van der Waals surface area contributed by atoms with E-state index in [1.165, 1.54) is 19.6 Å². The number of nitrogens with one attached hydrogen (secondary N) is 2. The van der Waals surface area contributed by atoms with Crippen LogP contribution in [0.3, 0.4) is 0 Å². The minimum absolute atomic E-state index is 0.0262. The van der Waals surface area contributed by atoms with Gasteiger partial charge in [0, 0.05) is 13.6 Å². The van der Waals surface area contributed by atoms with Gasteiger partial charge in [-0.15, -0.1) is 0 Å². The van der Waals surface area contributed by atoms with Crippen molar-refractivity contribution in [3.05, 3.63) is 12.5 Å². The lowest BCUT2D eigenvalue weighted by Gasteiger charge is -2.16. The number of rotatable bonds is 6. The summed E-state index contributed by atoms with van der Waals surface area (Å²) in [5.74, 6) is -0.00207. The Labute approximate surface area is 107 Å². The number of carbonyl (C=O) groups excluding carboxylic acids is 1. The number of carbonyl (C=O) groups is 1. The number of amides is 1. The van der Waals surface area contributed by atoms with Gasteiger partial charge in [0.2, 0.25) is 5.91 Å². The van der Waals surface area contributed by atoms with E-state index in [4.69, 9.17) is 0 Å². The second kappa shape index (κ2) is 5.96. The minimum Gasteiger partial charge on any atom is -0.355 e. The molecule has 1 amide bonds. The second-order valence-corrected chi connectivity index (χ2v) is 6.39. The molecular weight excluding hydrogens is 256 g/mol. The molecule has 0 radical (unpaired) electrons. The predicted molar refractivity (Wildman–Crippen MR) is 66.3 cm³/mol. The Morgan fingerprint density at radius 3 is 2.72 bits per heavy atom. The number of aromatic amines is 1. The molecule has 0 saturated heterocycles. The summed E-state index contributed by atoms with van der Waals surface area (Å²) in [5.41, 5.74) is 0. The third-order valence-corrected chi connectivity index (χ3v) is 3.96. The van der Waals surface area contributed by atoms with Crippen molar-refractivity contribution in [3.8, 4) is 0 Å². The summed E-state index contributed by atoms with van der Waals surface area (Å²) in [5, 5.41) is 2.63. The zero-order valence-electron chi connectivity index (χ0n) is 10.7. The van der Waals surface area contributed by atoms with Crippen LogP contribution in [0.25, 0.3) is 0 Å². The smallest absolute Gasteiger partial charge is 0.260 e. The zero-order chi connectivity index (χ0) is 13.8. The van der Waals surface area contributed by atoms with Crippen molar-refractivity contribution < 1.29 is 13.2 Å². The van der Waals surface area contributed by atoms with Gasteiger partial charge in [-0.05, 0) is 5.92 Å². The molecule has 0 fully saturated rings. The molecule has 7 nitrogen and oxygen atoms in total. The molecule has 18 heavy (non-hydrogen) atoms. The van der Waals surface area contributed by atoms with Gasteiger partial charge in [0.1, 0.15) is 0 Å². The molecule has 1 rings (SSSR count). The molecule has 1 aromatic heterocycles. The summed E-state index contributed by atoms with van der Waals surface area (Å²) in [6.07, 6.45) is 2.48. The van der Waals surface area contributed by atoms with Crippen molar-refractivity contribution in [1.29, 1.82) is 0 Å². The van der Waals surface area contributed by atoms with Crippen molar-refractivity contribution >= 4 is 15.9 Å². The van der Waals surface area contributed by atoms with Crippen LogP contribution in [0, 0.1) is 5.92 Å². The first kappa shape index (κ1) is 14.7. The molecule has 0 unspecified atom stereocenters. The molecule has 102 valence electrons. The molecule has 2 N–H and O–H groups in total. The average Bonchev–Trinajstić information content (AvgIpc) is 2.80. The Bertz CT molecular complexity index is 481. The number of nitrogens with zero attached hydrogens (tertiary/aromatic N) is 2. The molecule has 0 saturated carbocycles. The number of aromatic nitrogens is 2. The number of H-pyrrole nitrogens is 1. The number of imidazole rings is 1. The van der Waals surface area contributed by atoms with Crippen molar-refractivity contribution in [2.24, 2.45) is 5.92 Å². The molecule has 0 bridgehead atoms. The number of hydrogen-bond donors (Lipinski definition) is 2. The summed E-state index contributed by atoms with van der Waals surface area (Å²) < 4.78 is 24.9. The lowest BCUT2D eigenvalue weighted by Crippen LogP contribution is -2.39. The largest absolute Gasteiger partial charge is 0.355 e. The monoisotopic (exact) mass is 274 g/mol. The van der Waals surface area contributed by atoms with E-state index in [1.54, 1.807) is 0 Å². The summed E-state index contributed by atoms with van der Waals surface area (Å²) in [7, 11) is -2.32. The molecule has 1 heterocycles. The van der Waals surface area contributed by atoms with Gasteiger partial charge in [-0.25, -0.2) is 13.4 Å². The lowest BCUT2D eigenvalue weighted by atomic mass is 10.2. The third kappa shape index (κ3) is 3.81. The van der Waals surface area contributed by atoms with E-state index in [1.807, 2.05) is 13.8 Å². The van der Waals surface area contributed by atoms with E-state index in [9.17, 15) is 13.2 Å². The Kier molecular flexibility index (Phi) is 4.85. The summed E-state index contributed by atoms with van der Waals surface area (Å²) in [4.78, 5) is 17.7. The third-order valence-electron chi connectivity index (χ3n) is 2.24. The fraction of sp³-hybridized carbons (Fsp3) is 0.600. The highest BCUT2D eigenvalue weighted by Gasteiger charge is 2.23. The van der Waals surface area contributed by atoms with Crippen LogP contribution in [0.15, 0.2) is 17.6 Å². The SMILES string of the molecule is CC(C)CNC(=O)CN(C)S(=O)(=O)c1cnc[nH]1. The molecule has 0 aliphatic rings. The Balaban J connectivity index is 2.60. The minimum atomic E-state index is -3.67. The molecule has 1 aromatic rings. The molecule has 8 heteroatoms. The molecule has 0 aromatic carbocycles. The van der Waals surface area contributed by atoms with Gasteiger partial charge in [-0.3, -0.25) is 4.79 Å². The van der Waals surface area contributed by atoms with Gasteiger partial charge in [-0.1, -0.05) is 13.8 Å². The van der Waals surface area contributed by atoms with Crippen LogP contribution >= 0.6 is 0 Å². The van der Waals surface area contributed by atoms with Gasteiger partial charge in [-0.2, -0.15) is 4.31 Å². The second-order valence-electron chi connectivity index (χ2n) is 4.37. The first-order chi connectivity index (χ1) is 8.34. The number of likely N-dealkylation sites (N-methyl/N-ethyl adjacent to an activating group) is 1. The fourth-order valence-electron chi connectivity index (χ4n) is 1.21. The fourth-order valence-corrected chi connectivity index (χ4v) is 2.23. The van der Waals surface area contributed by atoms with Gasteiger partial charge < -0.3 is 10.3 Å². The topological polar surface area (TPSA) is 95.2 Å². The highest BCUT2D eigenvalue weighted by atomic mass is 32.2.